The van der Waals surface area contributed by atoms with Crippen LogP contribution in [0.4, 0.5) is 0 Å². The van der Waals surface area contributed by atoms with Crippen LogP contribution in [0.3, 0.4) is 0 Å². The summed E-state index contributed by atoms with van der Waals surface area (Å²) in [7, 11) is 0. The predicted octanol–water partition coefficient (Wildman–Crippen LogP) is 1.78. The van der Waals surface area contributed by atoms with Gasteiger partial charge in [0.05, 0.1) is 11.7 Å². The smallest absolute Gasteiger partial charge is 0.0757 e. The zero-order valence-electron chi connectivity index (χ0n) is 7.63. The Kier molecular flexibility index (Phi) is 2.86. The van der Waals surface area contributed by atoms with Gasteiger partial charge in [0.2, 0.25) is 0 Å². The van der Waals surface area contributed by atoms with Gasteiger partial charge in [0.25, 0.3) is 0 Å². The molecule has 0 aliphatic rings. The van der Waals surface area contributed by atoms with E-state index < -0.39 is 0 Å². The first-order valence-corrected chi connectivity index (χ1v) is 5.28. The molecule has 14 heavy (non-hydrogen) atoms. The third-order valence-corrected chi connectivity index (χ3v) is 2.86. The van der Waals surface area contributed by atoms with E-state index in [1.807, 2.05) is 6.07 Å². The van der Waals surface area contributed by atoms with Crippen molar-refractivity contribution >= 4 is 11.3 Å². The largest absolute Gasteiger partial charge is 0.322 e. The minimum Gasteiger partial charge on any atom is -0.322 e. The van der Waals surface area contributed by atoms with Gasteiger partial charge in [-0.25, -0.2) is 0 Å². The van der Waals surface area contributed by atoms with Crippen LogP contribution in [0.1, 0.15) is 16.6 Å². The molecule has 2 rings (SSSR count). The van der Waals surface area contributed by atoms with Crippen LogP contribution in [-0.4, -0.2) is 9.97 Å². The first-order valence-electron chi connectivity index (χ1n) is 4.40. The van der Waals surface area contributed by atoms with Crippen molar-refractivity contribution in [2.75, 3.05) is 0 Å². The predicted molar refractivity (Wildman–Crippen MR) is 57.0 cm³/mol. The second-order valence-corrected chi connectivity index (χ2v) is 4.05. The number of thiophene rings is 1. The Labute approximate surface area is 86.6 Å². The molecule has 0 spiro atoms. The van der Waals surface area contributed by atoms with Gasteiger partial charge >= 0.3 is 0 Å². The molecule has 2 aromatic rings. The van der Waals surface area contributed by atoms with Crippen molar-refractivity contribution in [3.8, 4) is 0 Å². The van der Waals surface area contributed by atoms with Gasteiger partial charge in [-0.15, -0.1) is 11.3 Å². The lowest BCUT2D eigenvalue weighted by molar-refractivity contribution is 0.698. The molecular formula is C10H11N3S. The highest BCUT2D eigenvalue weighted by molar-refractivity contribution is 7.09. The van der Waals surface area contributed by atoms with Crippen molar-refractivity contribution in [2.45, 2.75) is 12.5 Å². The molecule has 0 bridgehead atoms. The van der Waals surface area contributed by atoms with Gasteiger partial charge in [-0.1, -0.05) is 6.07 Å². The van der Waals surface area contributed by atoms with Crippen LogP contribution in [-0.2, 0) is 6.42 Å². The summed E-state index contributed by atoms with van der Waals surface area (Å²) in [6.07, 6.45) is 5.87. The summed E-state index contributed by atoms with van der Waals surface area (Å²) in [4.78, 5) is 9.45. The van der Waals surface area contributed by atoms with Crippen LogP contribution in [0, 0.1) is 0 Å². The molecule has 2 aromatic heterocycles. The molecule has 3 nitrogen and oxygen atoms in total. The van der Waals surface area contributed by atoms with E-state index in [1.54, 1.807) is 29.9 Å². The van der Waals surface area contributed by atoms with E-state index in [-0.39, 0.29) is 6.04 Å². The van der Waals surface area contributed by atoms with E-state index in [9.17, 15) is 0 Å². The molecule has 0 radical (unpaired) electrons. The second kappa shape index (κ2) is 4.30. The van der Waals surface area contributed by atoms with Crippen molar-refractivity contribution in [3.05, 3.63) is 46.7 Å². The minimum atomic E-state index is -0.0534. The Bertz CT molecular complexity index is 372. The Morgan fingerprint density at radius 2 is 2.36 bits per heavy atom. The van der Waals surface area contributed by atoms with Gasteiger partial charge in [0.15, 0.2) is 0 Å². The Morgan fingerprint density at radius 3 is 3.00 bits per heavy atom. The fraction of sp³-hybridized carbons (Fsp3) is 0.200. The van der Waals surface area contributed by atoms with E-state index in [2.05, 4.69) is 21.4 Å². The van der Waals surface area contributed by atoms with Gasteiger partial charge in [0, 0.05) is 29.9 Å². The lowest BCUT2D eigenvalue weighted by Crippen LogP contribution is -2.14. The maximum atomic E-state index is 5.99. The molecule has 72 valence electrons. The number of hydrogen-bond acceptors (Lipinski definition) is 4. The summed E-state index contributed by atoms with van der Waals surface area (Å²) in [5.74, 6) is 0. The highest BCUT2D eigenvalue weighted by Crippen LogP contribution is 2.16. The van der Waals surface area contributed by atoms with Crippen LogP contribution in [0.25, 0.3) is 0 Å². The Balaban J connectivity index is 2.07. The average Bonchev–Trinajstić information content (AvgIpc) is 2.72. The molecular weight excluding hydrogens is 194 g/mol. The van der Waals surface area contributed by atoms with Gasteiger partial charge in [-0.2, -0.15) is 0 Å². The fourth-order valence-corrected chi connectivity index (χ4v) is 2.02. The molecule has 0 amide bonds. The van der Waals surface area contributed by atoms with Crippen molar-refractivity contribution in [1.82, 2.24) is 9.97 Å². The van der Waals surface area contributed by atoms with Gasteiger partial charge < -0.3 is 5.73 Å². The van der Waals surface area contributed by atoms with Crippen LogP contribution >= 0.6 is 11.3 Å². The summed E-state index contributed by atoms with van der Waals surface area (Å²) in [5, 5.41) is 2.05. The maximum absolute atomic E-state index is 5.99. The van der Waals surface area contributed by atoms with Crippen molar-refractivity contribution in [2.24, 2.45) is 5.73 Å². The molecule has 1 unspecified atom stereocenters. The van der Waals surface area contributed by atoms with Crippen LogP contribution in [0.15, 0.2) is 36.1 Å². The third kappa shape index (κ3) is 2.16. The summed E-state index contributed by atoms with van der Waals surface area (Å²) in [5.41, 5.74) is 6.84. The molecule has 4 heteroatoms. The summed E-state index contributed by atoms with van der Waals surface area (Å²) in [6, 6.07) is 4.06. The van der Waals surface area contributed by atoms with E-state index in [1.165, 1.54) is 4.88 Å². The Morgan fingerprint density at radius 1 is 1.43 bits per heavy atom. The molecule has 0 fully saturated rings. The number of nitrogens with two attached hydrogens (primary N) is 1. The van der Waals surface area contributed by atoms with E-state index >= 15 is 0 Å². The first kappa shape index (κ1) is 9.30. The zero-order valence-corrected chi connectivity index (χ0v) is 8.45. The molecule has 0 aliphatic carbocycles. The van der Waals surface area contributed by atoms with E-state index in [0.717, 1.165) is 12.1 Å². The first-order chi connectivity index (χ1) is 6.86. The van der Waals surface area contributed by atoms with E-state index in [4.69, 9.17) is 5.73 Å². The molecule has 2 N–H and O–H groups in total. The van der Waals surface area contributed by atoms with Crippen molar-refractivity contribution in [3.63, 3.8) is 0 Å². The molecule has 0 saturated carbocycles. The zero-order chi connectivity index (χ0) is 9.80. The highest BCUT2D eigenvalue weighted by Gasteiger charge is 2.08. The second-order valence-electron chi connectivity index (χ2n) is 3.02. The average molecular weight is 205 g/mol. The molecule has 0 saturated heterocycles. The number of rotatable bonds is 3. The number of aromatic nitrogens is 2. The number of nitrogens with zero attached hydrogens (tertiary/aromatic N) is 2. The van der Waals surface area contributed by atoms with Gasteiger partial charge in [-0.3, -0.25) is 9.97 Å². The molecule has 2 heterocycles. The SMILES string of the molecule is NC(Cc1cccs1)c1cnccn1. The summed E-state index contributed by atoms with van der Waals surface area (Å²) in [6.45, 7) is 0. The fourth-order valence-electron chi connectivity index (χ4n) is 1.25. The highest BCUT2D eigenvalue weighted by atomic mass is 32.1. The topological polar surface area (TPSA) is 51.8 Å². The lowest BCUT2D eigenvalue weighted by Gasteiger charge is -2.08. The maximum Gasteiger partial charge on any atom is 0.0757 e. The third-order valence-electron chi connectivity index (χ3n) is 1.96. The summed E-state index contributed by atoms with van der Waals surface area (Å²) < 4.78 is 0. The Hall–Kier alpha value is -1.26. The van der Waals surface area contributed by atoms with Crippen molar-refractivity contribution < 1.29 is 0 Å². The van der Waals surface area contributed by atoms with Crippen LogP contribution in [0.2, 0.25) is 0 Å². The normalized spacial score (nSPS) is 12.6. The van der Waals surface area contributed by atoms with Crippen molar-refractivity contribution in [1.29, 1.82) is 0 Å². The summed E-state index contributed by atoms with van der Waals surface area (Å²) >= 11 is 1.72. The van der Waals surface area contributed by atoms with Crippen LogP contribution in [0.5, 0.6) is 0 Å². The monoisotopic (exact) mass is 205 g/mol. The lowest BCUT2D eigenvalue weighted by atomic mass is 10.1. The standard InChI is InChI=1S/C10H11N3S/c11-9(6-8-2-1-5-14-8)10-7-12-3-4-13-10/h1-5,7,9H,6,11H2. The molecule has 0 aromatic carbocycles. The number of hydrogen-bond donors (Lipinski definition) is 1. The molecule has 0 aliphatic heterocycles. The van der Waals surface area contributed by atoms with E-state index in [0.29, 0.717) is 0 Å². The quantitative estimate of drug-likeness (QED) is 0.831. The minimum absolute atomic E-state index is 0.0534. The molecule has 1 atom stereocenters. The van der Waals surface area contributed by atoms with Gasteiger partial charge in [-0.05, 0) is 11.4 Å². The van der Waals surface area contributed by atoms with Crippen LogP contribution < -0.4 is 5.73 Å². The van der Waals surface area contributed by atoms with Gasteiger partial charge in [0.1, 0.15) is 0 Å².